The molecule has 0 spiro atoms. The lowest BCUT2D eigenvalue weighted by atomic mass is 10.0. The molecule has 0 radical (unpaired) electrons. The van der Waals surface area contributed by atoms with Crippen molar-refractivity contribution < 1.29 is 9.72 Å². The summed E-state index contributed by atoms with van der Waals surface area (Å²) < 4.78 is 0. The van der Waals surface area contributed by atoms with Crippen molar-refractivity contribution >= 4 is 23.0 Å². The molecule has 2 rings (SSSR count). The standard InChI is InChI=1S/C11H11N3O3/c1-13(2)11-6-10(15)8-4-3-7(14(16)17)5-9(8)12-11/h3-5H,6H2,1-2H3. The van der Waals surface area contributed by atoms with Crippen molar-refractivity contribution in [2.24, 2.45) is 4.99 Å². The number of ketones is 1. The van der Waals surface area contributed by atoms with Gasteiger partial charge in [0.15, 0.2) is 5.78 Å². The fraction of sp³-hybridized carbons (Fsp3) is 0.273. The first-order valence-electron chi connectivity index (χ1n) is 5.05. The molecular weight excluding hydrogens is 222 g/mol. The second kappa shape index (κ2) is 3.97. The van der Waals surface area contributed by atoms with E-state index >= 15 is 0 Å². The number of carbonyl (C=O) groups is 1. The van der Waals surface area contributed by atoms with Crippen LogP contribution in [0.3, 0.4) is 0 Å². The van der Waals surface area contributed by atoms with Crippen LogP contribution < -0.4 is 0 Å². The number of amidine groups is 1. The van der Waals surface area contributed by atoms with Crippen LogP contribution in [-0.2, 0) is 0 Å². The number of fused-ring (bicyclic) bond motifs is 1. The third-order valence-corrected chi connectivity index (χ3v) is 2.58. The highest BCUT2D eigenvalue weighted by atomic mass is 16.6. The molecule has 0 bridgehead atoms. The number of non-ortho nitro benzene ring substituents is 1. The van der Waals surface area contributed by atoms with Crippen molar-refractivity contribution in [1.29, 1.82) is 0 Å². The van der Waals surface area contributed by atoms with Gasteiger partial charge in [0.1, 0.15) is 5.84 Å². The van der Waals surface area contributed by atoms with Crippen LogP contribution in [0.15, 0.2) is 23.2 Å². The number of hydrogen-bond acceptors (Lipinski definition) is 5. The smallest absolute Gasteiger partial charge is 0.271 e. The Bertz CT molecular complexity index is 535. The SMILES string of the molecule is CN(C)C1=Nc2cc([N+](=O)[O-])ccc2C(=O)C1. The third kappa shape index (κ3) is 2.01. The van der Waals surface area contributed by atoms with Gasteiger partial charge < -0.3 is 4.90 Å². The van der Waals surface area contributed by atoms with E-state index in [0.717, 1.165) is 0 Å². The number of Topliss-reactive ketones (excluding diaryl/α,β-unsaturated/α-hetero) is 1. The van der Waals surface area contributed by atoms with Crippen molar-refractivity contribution in [3.8, 4) is 0 Å². The average molecular weight is 233 g/mol. The minimum absolute atomic E-state index is 0.0553. The Hall–Kier alpha value is -2.24. The number of nitro benzene ring substituents is 1. The molecule has 6 heteroatoms. The molecule has 0 saturated carbocycles. The van der Waals surface area contributed by atoms with Crippen molar-refractivity contribution in [1.82, 2.24) is 4.90 Å². The normalized spacial score (nSPS) is 14.0. The van der Waals surface area contributed by atoms with Gasteiger partial charge in [-0.15, -0.1) is 0 Å². The van der Waals surface area contributed by atoms with Gasteiger partial charge in [-0.25, -0.2) is 4.99 Å². The Balaban J connectivity index is 2.54. The summed E-state index contributed by atoms with van der Waals surface area (Å²) >= 11 is 0. The van der Waals surface area contributed by atoms with Crippen LogP contribution in [0.2, 0.25) is 0 Å². The topological polar surface area (TPSA) is 75.8 Å². The first-order chi connectivity index (χ1) is 7.99. The lowest BCUT2D eigenvalue weighted by Crippen LogP contribution is -2.27. The van der Waals surface area contributed by atoms with E-state index in [0.29, 0.717) is 17.1 Å². The minimum Gasteiger partial charge on any atom is -0.366 e. The summed E-state index contributed by atoms with van der Waals surface area (Å²) in [7, 11) is 3.57. The molecule has 1 heterocycles. The predicted octanol–water partition coefficient (Wildman–Crippen LogP) is 1.77. The largest absolute Gasteiger partial charge is 0.366 e. The molecule has 0 saturated heterocycles. The summed E-state index contributed by atoms with van der Waals surface area (Å²) in [6.45, 7) is 0. The lowest BCUT2D eigenvalue weighted by molar-refractivity contribution is -0.384. The highest BCUT2D eigenvalue weighted by Gasteiger charge is 2.22. The Morgan fingerprint density at radius 3 is 2.71 bits per heavy atom. The van der Waals surface area contributed by atoms with Crippen molar-refractivity contribution in [3.05, 3.63) is 33.9 Å². The van der Waals surface area contributed by atoms with Gasteiger partial charge in [0, 0.05) is 31.8 Å². The van der Waals surface area contributed by atoms with Crippen LogP contribution >= 0.6 is 0 Å². The molecule has 1 aromatic rings. The molecule has 6 nitrogen and oxygen atoms in total. The zero-order valence-electron chi connectivity index (χ0n) is 9.51. The molecule has 17 heavy (non-hydrogen) atoms. The van der Waals surface area contributed by atoms with E-state index in [-0.39, 0.29) is 17.9 Å². The monoisotopic (exact) mass is 233 g/mol. The van der Waals surface area contributed by atoms with Crippen molar-refractivity contribution in [2.45, 2.75) is 6.42 Å². The summed E-state index contributed by atoms with van der Waals surface area (Å²) in [6.07, 6.45) is 0.234. The van der Waals surface area contributed by atoms with Gasteiger partial charge in [0.25, 0.3) is 5.69 Å². The highest BCUT2D eigenvalue weighted by Crippen LogP contribution is 2.30. The predicted molar refractivity (Wildman–Crippen MR) is 62.8 cm³/mol. The molecule has 1 aromatic carbocycles. The molecule has 1 aliphatic rings. The van der Waals surface area contributed by atoms with Crippen molar-refractivity contribution in [3.63, 3.8) is 0 Å². The van der Waals surface area contributed by atoms with Crippen molar-refractivity contribution in [2.75, 3.05) is 14.1 Å². The second-order valence-corrected chi connectivity index (χ2v) is 3.98. The minimum atomic E-state index is -0.496. The Morgan fingerprint density at radius 2 is 2.12 bits per heavy atom. The van der Waals surface area contributed by atoms with Gasteiger partial charge in [-0.3, -0.25) is 14.9 Å². The molecule has 0 N–H and O–H groups in total. The number of aliphatic imine (C=N–C) groups is 1. The average Bonchev–Trinajstić information content (AvgIpc) is 2.27. The molecule has 0 aliphatic carbocycles. The Kier molecular flexibility index (Phi) is 2.63. The summed E-state index contributed by atoms with van der Waals surface area (Å²) in [5, 5.41) is 10.6. The maximum atomic E-state index is 11.8. The summed E-state index contributed by atoms with van der Waals surface area (Å²) in [4.78, 5) is 27.9. The number of nitrogens with zero attached hydrogens (tertiary/aromatic N) is 3. The van der Waals surface area contributed by atoms with Crippen LogP contribution in [0.25, 0.3) is 0 Å². The molecule has 0 atom stereocenters. The van der Waals surface area contributed by atoms with Gasteiger partial charge in [-0.05, 0) is 6.07 Å². The van der Waals surface area contributed by atoms with E-state index in [2.05, 4.69) is 4.99 Å². The number of carbonyl (C=O) groups excluding carboxylic acids is 1. The van der Waals surface area contributed by atoms with Gasteiger partial charge in [0.05, 0.1) is 17.0 Å². The highest BCUT2D eigenvalue weighted by molar-refractivity contribution is 6.15. The van der Waals surface area contributed by atoms with Gasteiger partial charge in [-0.1, -0.05) is 0 Å². The quantitative estimate of drug-likeness (QED) is 0.547. The number of nitro groups is 1. The molecule has 0 aromatic heterocycles. The van der Waals surface area contributed by atoms with Gasteiger partial charge in [-0.2, -0.15) is 0 Å². The van der Waals surface area contributed by atoms with E-state index in [1.54, 1.807) is 19.0 Å². The lowest BCUT2D eigenvalue weighted by Gasteiger charge is -2.19. The van der Waals surface area contributed by atoms with E-state index in [1.807, 2.05) is 0 Å². The van der Waals surface area contributed by atoms with Gasteiger partial charge >= 0.3 is 0 Å². The molecule has 88 valence electrons. The number of hydrogen-bond donors (Lipinski definition) is 0. The van der Waals surface area contributed by atoms with Crippen LogP contribution in [0.4, 0.5) is 11.4 Å². The second-order valence-electron chi connectivity index (χ2n) is 3.98. The molecular formula is C11H11N3O3. The molecule has 1 aliphatic heterocycles. The van der Waals surface area contributed by atoms with Gasteiger partial charge in [0.2, 0.25) is 0 Å². The van der Waals surface area contributed by atoms with E-state index in [4.69, 9.17) is 0 Å². The molecule has 0 fully saturated rings. The fourth-order valence-electron chi connectivity index (χ4n) is 1.64. The Morgan fingerprint density at radius 1 is 1.41 bits per heavy atom. The number of rotatable bonds is 1. The zero-order valence-corrected chi connectivity index (χ0v) is 9.51. The van der Waals surface area contributed by atoms with E-state index in [1.165, 1.54) is 18.2 Å². The summed E-state index contributed by atoms with van der Waals surface area (Å²) in [5.41, 5.74) is 0.764. The molecule has 0 amide bonds. The van der Waals surface area contributed by atoms with Crippen LogP contribution in [0.1, 0.15) is 16.8 Å². The van der Waals surface area contributed by atoms with Crippen LogP contribution in [0, 0.1) is 10.1 Å². The number of benzene rings is 1. The maximum absolute atomic E-state index is 11.8. The Labute approximate surface area is 97.7 Å². The molecule has 0 unspecified atom stereocenters. The maximum Gasteiger partial charge on any atom is 0.271 e. The zero-order chi connectivity index (χ0) is 12.6. The fourth-order valence-corrected chi connectivity index (χ4v) is 1.64. The van der Waals surface area contributed by atoms with Crippen LogP contribution in [0.5, 0.6) is 0 Å². The first kappa shape index (κ1) is 11.3. The third-order valence-electron chi connectivity index (χ3n) is 2.58. The van der Waals surface area contributed by atoms with E-state index in [9.17, 15) is 14.9 Å². The van der Waals surface area contributed by atoms with Crippen LogP contribution in [-0.4, -0.2) is 35.5 Å². The summed E-state index contributed by atoms with van der Waals surface area (Å²) in [6, 6.07) is 4.12. The summed E-state index contributed by atoms with van der Waals surface area (Å²) in [5.74, 6) is 0.552. The first-order valence-corrected chi connectivity index (χ1v) is 5.05. The van der Waals surface area contributed by atoms with E-state index < -0.39 is 4.92 Å².